The summed E-state index contributed by atoms with van der Waals surface area (Å²) in [6.45, 7) is 9.79. The number of benzene rings is 4. The molecule has 0 N–H and O–H groups in total. The Morgan fingerprint density at radius 1 is 0.628 bits per heavy atom. The fourth-order valence-electron chi connectivity index (χ4n) is 5.63. The standard InChI is InChI=1S/C37H39N5O/c1-3-40(4-2)25-14-28-43-31-23-21-30(22-24-31)37-39-33-18-9-11-20-35(33)42(37)27-13-12-26-41-34-19-10-8-17-32(34)38-36(41)29-15-6-5-7-16-29/h5-13,15-24H,3-4,14,25-28H2,1-2H3/b13-12+. The molecular weight excluding hydrogens is 530 g/mol. The first-order valence-corrected chi connectivity index (χ1v) is 15.3. The maximum Gasteiger partial charge on any atom is 0.141 e. The quantitative estimate of drug-likeness (QED) is 0.104. The molecule has 0 aliphatic rings. The lowest BCUT2D eigenvalue weighted by Gasteiger charge is -2.17. The molecule has 6 nitrogen and oxygen atoms in total. The van der Waals surface area contributed by atoms with Gasteiger partial charge in [0, 0.05) is 30.8 Å². The third kappa shape index (κ3) is 6.40. The highest BCUT2D eigenvalue weighted by Crippen LogP contribution is 2.28. The lowest BCUT2D eigenvalue weighted by Crippen LogP contribution is -2.25. The van der Waals surface area contributed by atoms with E-state index in [1.807, 2.05) is 18.2 Å². The molecule has 43 heavy (non-hydrogen) atoms. The van der Waals surface area contributed by atoms with Gasteiger partial charge in [-0.1, -0.05) is 80.6 Å². The van der Waals surface area contributed by atoms with Crippen molar-refractivity contribution < 1.29 is 4.74 Å². The summed E-state index contributed by atoms with van der Waals surface area (Å²) >= 11 is 0. The van der Waals surface area contributed by atoms with Crippen molar-refractivity contribution in [1.82, 2.24) is 24.0 Å². The lowest BCUT2D eigenvalue weighted by atomic mass is 10.2. The number of allylic oxidation sites excluding steroid dienone is 2. The Kier molecular flexibility index (Phi) is 8.95. The average Bonchev–Trinajstić information content (AvgIpc) is 3.62. The van der Waals surface area contributed by atoms with Crippen LogP contribution in [0.2, 0.25) is 0 Å². The molecule has 6 heteroatoms. The maximum absolute atomic E-state index is 6.04. The summed E-state index contributed by atoms with van der Waals surface area (Å²) in [6.07, 6.45) is 5.48. The van der Waals surface area contributed by atoms with Gasteiger partial charge in [-0.05, 0) is 68.0 Å². The summed E-state index contributed by atoms with van der Waals surface area (Å²) in [4.78, 5) is 12.4. The summed E-state index contributed by atoms with van der Waals surface area (Å²) < 4.78 is 10.6. The van der Waals surface area contributed by atoms with Crippen molar-refractivity contribution in [3.05, 3.63) is 115 Å². The van der Waals surface area contributed by atoms with Crippen molar-refractivity contribution in [2.45, 2.75) is 33.4 Å². The molecule has 218 valence electrons. The highest BCUT2D eigenvalue weighted by molar-refractivity contribution is 5.81. The van der Waals surface area contributed by atoms with Crippen LogP contribution in [0.1, 0.15) is 20.3 Å². The Bertz CT molecular complexity index is 1800. The van der Waals surface area contributed by atoms with Crippen LogP contribution in [0.25, 0.3) is 44.8 Å². The minimum Gasteiger partial charge on any atom is -0.494 e. The number of imidazole rings is 2. The molecule has 0 aliphatic heterocycles. The molecule has 0 bridgehead atoms. The normalized spacial score (nSPS) is 11.8. The molecule has 0 fully saturated rings. The van der Waals surface area contributed by atoms with Gasteiger partial charge in [0.05, 0.1) is 28.7 Å². The van der Waals surface area contributed by atoms with E-state index in [4.69, 9.17) is 14.7 Å². The van der Waals surface area contributed by atoms with Crippen molar-refractivity contribution in [3.8, 4) is 28.5 Å². The van der Waals surface area contributed by atoms with E-state index in [0.717, 1.165) is 89.8 Å². The Balaban J connectivity index is 1.20. The summed E-state index contributed by atoms with van der Waals surface area (Å²) in [7, 11) is 0. The Morgan fingerprint density at radius 2 is 1.14 bits per heavy atom. The molecule has 0 atom stereocenters. The fourth-order valence-corrected chi connectivity index (χ4v) is 5.63. The summed E-state index contributed by atoms with van der Waals surface area (Å²) in [5.41, 5.74) is 6.45. The highest BCUT2D eigenvalue weighted by Gasteiger charge is 2.13. The highest BCUT2D eigenvalue weighted by atomic mass is 16.5. The van der Waals surface area contributed by atoms with Gasteiger partial charge in [0.25, 0.3) is 0 Å². The minimum atomic E-state index is 0.715. The third-order valence-electron chi connectivity index (χ3n) is 7.98. The number of hydrogen-bond donors (Lipinski definition) is 0. The minimum absolute atomic E-state index is 0.715. The largest absolute Gasteiger partial charge is 0.494 e. The van der Waals surface area contributed by atoms with Crippen molar-refractivity contribution >= 4 is 22.1 Å². The van der Waals surface area contributed by atoms with E-state index >= 15 is 0 Å². The lowest BCUT2D eigenvalue weighted by molar-refractivity contribution is 0.249. The topological polar surface area (TPSA) is 48.1 Å². The molecule has 2 aromatic heterocycles. The molecule has 0 spiro atoms. The van der Waals surface area contributed by atoms with E-state index in [-0.39, 0.29) is 0 Å². The summed E-state index contributed by atoms with van der Waals surface area (Å²) in [5.74, 6) is 2.83. The second kappa shape index (κ2) is 13.5. The molecule has 2 heterocycles. The number of rotatable bonds is 13. The number of para-hydroxylation sites is 4. The van der Waals surface area contributed by atoms with Crippen LogP contribution in [-0.2, 0) is 13.1 Å². The Hall–Kier alpha value is -4.68. The first-order chi connectivity index (χ1) is 21.2. The van der Waals surface area contributed by atoms with Gasteiger partial charge in [0.15, 0.2) is 0 Å². The van der Waals surface area contributed by atoms with E-state index in [2.05, 4.69) is 125 Å². The van der Waals surface area contributed by atoms with Gasteiger partial charge < -0.3 is 18.8 Å². The SMILES string of the molecule is CCN(CC)CCCOc1ccc(-c2nc3ccccc3n2C/C=C/Cn2c(-c3ccccc3)nc3ccccc32)cc1. The molecule has 0 aliphatic carbocycles. The van der Waals surface area contributed by atoms with Crippen molar-refractivity contribution in [3.63, 3.8) is 0 Å². The average molecular weight is 570 g/mol. The Morgan fingerprint density at radius 3 is 1.70 bits per heavy atom. The van der Waals surface area contributed by atoms with E-state index in [1.54, 1.807) is 0 Å². The third-order valence-corrected chi connectivity index (χ3v) is 7.98. The number of fused-ring (bicyclic) bond motifs is 2. The molecule has 0 radical (unpaired) electrons. The number of ether oxygens (including phenoxy) is 1. The fraction of sp³-hybridized carbons (Fsp3) is 0.243. The van der Waals surface area contributed by atoms with E-state index in [9.17, 15) is 0 Å². The van der Waals surface area contributed by atoms with E-state index in [0.29, 0.717) is 6.54 Å². The molecule has 6 aromatic rings. The van der Waals surface area contributed by atoms with E-state index < -0.39 is 0 Å². The van der Waals surface area contributed by atoms with Crippen LogP contribution in [-0.4, -0.2) is 50.2 Å². The van der Waals surface area contributed by atoms with Gasteiger partial charge in [-0.15, -0.1) is 0 Å². The van der Waals surface area contributed by atoms with Gasteiger partial charge in [-0.3, -0.25) is 0 Å². The Labute approximate surface area is 253 Å². The monoisotopic (exact) mass is 569 g/mol. The van der Waals surface area contributed by atoms with Gasteiger partial charge in [-0.25, -0.2) is 9.97 Å². The van der Waals surface area contributed by atoms with Crippen molar-refractivity contribution in [2.75, 3.05) is 26.2 Å². The summed E-state index contributed by atoms with van der Waals surface area (Å²) in [6, 6.07) is 35.4. The zero-order valence-electron chi connectivity index (χ0n) is 25.1. The van der Waals surface area contributed by atoms with Crippen LogP contribution in [0.15, 0.2) is 115 Å². The predicted molar refractivity (Wildman–Crippen MR) is 177 cm³/mol. The molecular formula is C37H39N5O. The van der Waals surface area contributed by atoms with Crippen LogP contribution in [0.4, 0.5) is 0 Å². The smallest absolute Gasteiger partial charge is 0.141 e. The molecule has 0 saturated heterocycles. The second-order valence-corrected chi connectivity index (χ2v) is 10.7. The zero-order valence-corrected chi connectivity index (χ0v) is 25.1. The van der Waals surface area contributed by atoms with Gasteiger partial charge in [0.2, 0.25) is 0 Å². The molecule has 0 saturated carbocycles. The first kappa shape index (κ1) is 28.4. The molecule has 6 rings (SSSR count). The zero-order chi connectivity index (χ0) is 29.4. The van der Waals surface area contributed by atoms with Crippen molar-refractivity contribution in [2.24, 2.45) is 0 Å². The van der Waals surface area contributed by atoms with Crippen LogP contribution < -0.4 is 4.74 Å². The predicted octanol–water partition coefficient (Wildman–Crippen LogP) is 8.09. The molecule has 0 amide bonds. The van der Waals surface area contributed by atoms with Crippen LogP contribution in [0.5, 0.6) is 5.75 Å². The second-order valence-electron chi connectivity index (χ2n) is 10.7. The van der Waals surface area contributed by atoms with Crippen LogP contribution in [0.3, 0.4) is 0 Å². The number of hydrogen-bond acceptors (Lipinski definition) is 4. The summed E-state index contributed by atoms with van der Waals surface area (Å²) in [5, 5.41) is 0. The maximum atomic E-state index is 6.04. The van der Waals surface area contributed by atoms with Gasteiger partial charge in [-0.2, -0.15) is 0 Å². The molecule has 0 unspecified atom stereocenters. The number of nitrogens with zero attached hydrogens (tertiary/aromatic N) is 5. The van der Waals surface area contributed by atoms with E-state index in [1.165, 1.54) is 0 Å². The number of aromatic nitrogens is 4. The van der Waals surface area contributed by atoms with Gasteiger partial charge >= 0.3 is 0 Å². The molecule has 4 aromatic carbocycles. The first-order valence-electron chi connectivity index (χ1n) is 15.3. The van der Waals surface area contributed by atoms with Crippen LogP contribution >= 0.6 is 0 Å². The van der Waals surface area contributed by atoms with Crippen molar-refractivity contribution in [1.29, 1.82) is 0 Å². The van der Waals surface area contributed by atoms with Gasteiger partial charge in [0.1, 0.15) is 17.4 Å². The van der Waals surface area contributed by atoms with Crippen LogP contribution in [0, 0.1) is 0 Å².